The lowest BCUT2D eigenvalue weighted by atomic mass is 10.2. The molecule has 1 fully saturated rings. The van der Waals surface area contributed by atoms with Crippen LogP contribution in [0.5, 0.6) is 0 Å². The zero-order valence-corrected chi connectivity index (χ0v) is 16.3. The Bertz CT molecular complexity index is 1250. The van der Waals surface area contributed by atoms with Crippen LogP contribution in [0.4, 0.5) is 8.78 Å². The van der Waals surface area contributed by atoms with Crippen molar-refractivity contribution in [2.24, 2.45) is 0 Å². The number of benzene rings is 2. The number of ether oxygens (including phenoxy) is 1. The molecule has 0 saturated carbocycles. The highest BCUT2D eigenvalue weighted by atomic mass is 19.1. The van der Waals surface area contributed by atoms with Crippen molar-refractivity contribution in [3.05, 3.63) is 92.3 Å². The molecule has 0 unspecified atom stereocenters. The van der Waals surface area contributed by atoms with E-state index < -0.39 is 34.5 Å². The molecular formula is C21H18F2N4O4. The van der Waals surface area contributed by atoms with Crippen LogP contribution in [0.15, 0.2) is 58.1 Å². The second-order valence-electron chi connectivity index (χ2n) is 6.92. The molecule has 8 nitrogen and oxygen atoms in total. The number of carbonyl (C=O) groups excluding carboxylic acids is 1. The van der Waals surface area contributed by atoms with E-state index in [1.54, 1.807) is 0 Å². The second kappa shape index (κ2) is 8.60. The Morgan fingerprint density at radius 1 is 1.03 bits per heavy atom. The maximum Gasteiger partial charge on any atom is 0.352 e. The number of nitrogens with zero attached hydrogens (tertiary/aromatic N) is 4. The van der Waals surface area contributed by atoms with Gasteiger partial charge in [0.05, 0.1) is 19.8 Å². The molecule has 4 rings (SSSR count). The van der Waals surface area contributed by atoms with Crippen molar-refractivity contribution in [2.45, 2.75) is 6.54 Å². The zero-order valence-electron chi connectivity index (χ0n) is 16.3. The van der Waals surface area contributed by atoms with Crippen LogP contribution in [-0.4, -0.2) is 51.5 Å². The summed E-state index contributed by atoms with van der Waals surface area (Å²) in [5.41, 5.74) is -2.29. The van der Waals surface area contributed by atoms with Gasteiger partial charge in [-0.3, -0.25) is 14.2 Å². The number of morpholine rings is 1. The van der Waals surface area contributed by atoms with Crippen LogP contribution in [0.1, 0.15) is 16.1 Å². The molecule has 1 amide bonds. The molecule has 0 aliphatic carbocycles. The molecule has 1 aliphatic heterocycles. The van der Waals surface area contributed by atoms with E-state index in [9.17, 15) is 23.2 Å². The Hall–Kier alpha value is -3.66. The maximum atomic E-state index is 14.4. The fourth-order valence-electron chi connectivity index (χ4n) is 3.30. The number of amides is 1. The van der Waals surface area contributed by atoms with Gasteiger partial charge in [-0.2, -0.15) is 9.78 Å². The van der Waals surface area contributed by atoms with Gasteiger partial charge in [0.2, 0.25) is 5.69 Å². The fourth-order valence-corrected chi connectivity index (χ4v) is 3.30. The molecular weight excluding hydrogens is 410 g/mol. The lowest BCUT2D eigenvalue weighted by Crippen LogP contribution is -2.49. The summed E-state index contributed by atoms with van der Waals surface area (Å²) in [6.45, 7) is 0.799. The summed E-state index contributed by atoms with van der Waals surface area (Å²) in [7, 11) is 0. The normalized spacial score (nSPS) is 13.9. The lowest BCUT2D eigenvalue weighted by molar-refractivity contribution is 0.0295. The van der Waals surface area contributed by atoms with Gasteiger partial charge in [-0.1, -0.05) is 24.3 Å². The third kappa shape index (κ3) is 4.15. The summed E-state index contributed by atoms with van der Waals surface area (Å²) < 4.78 is 34.7. The van der Waals surface area contributed by atoms with Gasteiger partial charge >= 0.3 is 5.69 Å². The van der Waals surface area contributed by atoms with Crippen molar-refractivity contribution in [2.75, 3.05) is 26.3 Å². The van der Waals surface area contributed by atoms with Gasteiger partial charge in [-0.25, -0.2) is 13.6 Å². The van der Waals surface area contributed by atoms with Gasteiger partial charge in [0.1, 0.15) is 17.3 Å². The van der Waals surface area contributed by atoms with Crippen molar-refractivity contribution in [3.8, 4) is 5.69 Å². The highest BCUT2D eigenvalue weighted by Gasteiger charge is 2.26. The molecule has 160 valence electrons. The van der Waals surface area contributed by atoms with Crippen LogP contribution in [0, 0.1) is 11.6 Å². The molecule has 0 atom stereocenters. The summed E-state index contributed by atoms with van der Waals surface area (Å²) in [6, 6.07) is 10.7. The van der Waals surface area contributed by atoms with Gasteiger partial charge in [-0.15, -0.1) is 0 Å². The molecule has 2 heterocycles. The van der Waals surface area contributed by atoms with E-state index in [0.717, 1.165) is 10.6 Å². The van der Waals surface area contributed by atoms with Crippen molar-refractivity contribution in [3.63, 3.8) is 0 Å². The molecule has 2 aromatic carbocycles. The van der Waals surface area contributed by atoms with E-state index in [1.165, 1.54) is 47.4 Å². The van der Waals surface area contributed by atoms with Gasteiger partial charge < -0.3 is 9.64 Å². The second-order valence-corrected chi connectivity index (χ2v) is 6.92. The largest absolute Gasteiger partial charge is 0.378 e. The molecule has 31 heavy (non-hydrogen) atoms. The Balaban J connectivity index is 1.89. The third-order valence-electron chi connectivity index (χ3n) is 4.87. The van der Waals surface area contributed by atoms with E-state index in [-0.39, 0.29) is 25.3 Å². The fraction of sp³-hybridized carbons (Fsp3) is 0.238. The predicted octanol–water partition coefficient (Wildman–Crippen LogP) is 1.19. The summed E-state index contributed by atoms with van der Waals surface area (Å²) in [4.78, 5) is 40.5. The van der Waals surface area contributed by atoms with Crippen molar-refractivity contribution >= 4 is 5.91 Å². The summed E-state index contributed by atoms with van der Waals surface area (Å²) in [5.74, 6) is -1.98. The van der Waals surface area contributed by atoms with Crippen molar-refractivity contribution in [1.82, 2.24) is 19.2 Å². The zero-order chi connectivity index (χ0) is 22.0. The average molecular weight is 428 g/mol. The number of aromatic nitrogens is 3. The SMILES string of the molecule is O=C(c1nn(-c2ccccc2F)c(=O)n(Cc2cccc(F)c2)c1=O)N1CCOCC1. The van der Waals surface area contributed by atoms with E-state index in [0.29, 0.717) is 23.5 Å². The Labute approximate surface area is 174 Å². The number of halogens is 2. The molecule has 3 aromatic rings. The minimum absolute atomic E-state index is 0.212. The first-order valence-electron chi connectivity index (χ1n) is 9.56. The topological polar surface area (TPSA) is 86.4 Å². The third-order valence-corrected chi connectivity index (χ3v) is 4.87. The van der Waals surface area contributed by atoms with E-state index in [1.807, 2.05) is 0 Å². The number of rotatable bonds is 4. The van der Waals surface area contributed by atoms with Crippen LogP contribution in [-0.2, 0) is 11.3 Å². The Morgan fingerprint density at radius 3 is 2.48 bits per heavy atom. The number of carbonyl (C=O) groups is 1. The quantitative estimate of drug-likeness (QED) is 0.623. The van der Waals surface area contributed by atoms with Gasteiger partial charge in [0.25, 0.3) is 11.5 Å². The predicted molar refractivity (Wildman–Crippen MR) is 106 cm³/mol. The molecule has 1 aromatic heterocycles. The van der Waals surface area contributed by atoms with E-state index >= 15 is 0 Å². The van der Waals surface area contributed by atoms with Crippen molar-refractivity contribution < 1.29 is 18.3 Å². The van der Waals surface area contributed by atoms with Gasteiger partial charge in [-0.05, 0) is 29.8 Å². The van der Waals surface area contributed by atoms with Gasteiger partial charge in [0.15, 0.2) is 0 Å². The summed E-state index contributed by atoms with van der Waals surface area (Å²) in [6.07, 6.45) is 0. The van der Waals surface area contributed by atoms with E-state index in [4.69, 9.17) is 4.74 Å². The molecule has 1 aliphatic rings. The van der Waals surface area contributed by atoms with Crippen molar-refractivity contribution in [1.29, 1.82) is 0 Å². The standard InChI is InChI=1S/C21H18F2N4O4/c22-15-5-3-4-14(12-15)13-26-20(29)18(19(28)25-8-10-31-11-9-25)24-27(21(26)30)17-7-2-1-6-16(17)23/h1-7,12H,8-11,13H2. The highest BCUT2D eigenvalue weighted by Crippen LogP contribution is 2.10. The Morgan fingerprint density at radius 2 is 1.77 bits per heavy atom. The molecule has 1 saturated heterocycles. The first-order chi connectivity index (χ1) is 15.0. The summed E-state index contributed by atoms with van der Waals surface area (Å²) in [5, 5.41) is 3.92. The van der Waals surface area contributed by atoms with Crippen LogP contribution in [0.2, 0.25) is 0 Å². The minimum atomic E-state index is -0.946. The smallest absolute Gasteiger partial charge is 0.352 e. The molecule has 0 radical (unpaired) electrons. The molecule has 0 bridgehead atoms. The monoisotopic (exact) mass is 428 g/mol. The van der Waals surface area contributed by atoms with Crippen LogP contribution in [0.3, 0.4) is 0 Å². The van der Waals surface area contributed by atoms with E-state index in [2.05, 4.69) is 5.10 Å². The minimum Gasteiger partial charge on any atom is -0.378 e. The molecule has 0 N–H and O–H groups in total. The van der Waals surface area contributed by atoms with Crippen LogP contribution < -0.4 is 11.2 Å². The lowest BCUT2D eigenvalue weighted by Gasteiger charge is -2.26. The highest BCUT2D eigenvalue weighted by molar-refractivity contribution is 5.91. The van der Waals surface area contributed by atoms with Gasteiger partial charge in [0, 0.05) is 13.1 Å². The maximum absolute atomic E-state index is 14.4. The molecule has 10 heteroatoms. The number of hydrogen-bond acceptors (Lipinski definition) is 5. The number of hydrogen-bond donors (Lipinski definition) is 0. The summed E-state index contributed by atoms with van der Waals surface area (Å²) >= 11 is 0. The Kier molecular flexibility index (Phi) is 5.72. The first kappa shape index (κ1) is 20.6. The van der Waals surface area contributed by atoms with Crippen LogP contribution >= 0.6 is 0 Å². The van der Waals surface area contributed by atoms with Crippen LogP contribution in [0.25, 0.3) is 5.69 Å². The average Bonchev–Trinajstić information content (AvgIpc) is 2.78. The first-order valence-corrected chi connectivity index (χ1v) is 9.56. The number of para-hydroxylation sites is 1. The molecule has 0 spiro atoms.